The van der Waals surface area contributed by atoms with Crippen molar-refractivity contribution < 1.29 is 19.2 Å². The summed E-state index contributed by atoms with van der Waals surface area (Å²) in [6.07, 6.45) is 0. The van der Waals surface area contributed by atoms with E-state index in [0.29, 0.717) is 11.4 Å². The first-order chi connectivity index (χ1) is 12.6. The number of nitro benzene ring substituents is 1. The molecule has 27 heavy (non-hydrogen) atoms. The minimum absolute atomic E-state index is 0.114. The molecule has 2 rings (SSSR count). The van der Waals surface area contributed by atoms with Gasteiger partial charge in [0.25, 0.3) is 17.5 Å². The SMILES string of the molecule is CC(C)(C)NC(=O)COc1ccc(NC(=O)c2cccc([N+](=O)[O-])c2)cc1. The molecular formula is C19H21N3O5. The first-order valence-electron chi connectivity index (χ1n) is 8.24. The highest BCUT2D eigenvalue weighted by atomic mass is 16.6. The second kappa shape index (κ2) is 8.31. The van der Waals surface area contributed by atoms with Crippen molar-refractivity contribution >= 4 is 23.2 Å². The van der Waals surface area contributed by atoms with Gasteiger partial charge in [-0.15, -0.1) is 0 Å². The number of non-ortho nitro benzene ring substituents is 1. The molecule has 2 aromatic rings. The average molecular weight is 371 g/mol. The Morgan fingerprint density at radius 2 is 1.78 bits per heavy atom. The summed E-state index contributed by atoms with van der Waals surface area (Å²) in [5, 5.41) is 16.2. The first kappa shape index (κ1) is 19.9. The Morgan fingerprint density at radius 3 is 2.37 bits per heavy atom. The van der Waals surface area contributed by atoms with E-state index in [1.54, 1.807) is 24.3 Å². The number of amides is 2. The van der Waals surface area contributed by atoms with Crippen molar-refractivity contribution in [1.29, 1.82) is 0 Å². The Bertz CT molecular complexity index is 841. The Morgan fingerprint density at radius 1 is 1.11 bits per heavy atom. The largest absolute Gasteiger partial charge is 0.484 e. The topological polar surface area (TPSA) is 111 Å². The number of nitro groups is 1. The number of benzene rings is 2. The fourth-order valence-electron chi connectivity index (χ4n) is 2.20. The fourth-order valence-corrected chi connectivity index (χ4v) is 2.20. The van der Waals surface area contributed by atoms with Gasteiger partial charge in [-0.2, -0.15) is 0 Å². The summed E-state index contributed by atoms with van der Waals surface area (Å²) in [5.74, 6) is -0.213. The molecule has 2 amide bonds. The van der Waals surface area contributed by atoms with E-state index in [-0.39, 0.29) is 29.3 Å². The maximum Gasteiger partial charge on any atom is 0.270 e. The molecule has 0 aliphatic heterocycles. The molecule has 0 atom stereocenters. The molecule has 0 fully saturated rings. The van der Waals surface area contributed by atoms with Gasteiger partial charge in [0.2, 0.25) is 0 Å². The van der Waals surface area contributed by atoms with Gasteiger partial charge in [-0.05, 0) is 51.1 Å². The molecule has 0 spiro atoms. The van der Waals surface area contributed by atoms with E-state index < -0.39 is 10.8 Å². The van der Waals surface area contributed by atoms with E-state index >= 15 is 0 Å². The molecule has 0 aliphatic carbocycles. The van der Waals surface area contributed by atoms with Crippen LogP contribution in [0, 0.1) is 10.1 Å². The number of ether oxygens (including phenoxy) is 1. The van der Waals surface area contributed by atoms with Crippen molar-refractivity contribution in [2.24, 2.45) is 0 Å². The van der Waals surface area contributed by atoms with Crippen molar-refractivity contribution in [2.45, 2.75) is 26.3 Å². The molecular weight excluding hydrogens is 350 g/mol. The Balaban J connectivity index is 1.93. The number of nitrogens with one attached hydrogen (secondary N) is 2. The maximum absolute atomic E-state index is 12.2. The van der Waals surface area contributed by atoms with Gasteiger partial charge < -0.3 is 15.4 Å². The molecule has 142 valence electrons. The van der Waals surface area contributed by atoms with Crippen LogP contribution >= 0.6 is 0 Å². The van der Waals surface area contributed by atoms with Crippen LogP contribution in [0.5, 0.6) is 5.75 Å². The van der Waals surface area contributed by atoms with Gasteiger partial charge in [0.15, 0.2) is 6.61 Å². The number of anilines is 1. The number of hydrogen-bond acceptors (Lipinski definition) is 5. The highest BCUT2D eigenvalue weighted by molar-refractivity contribution is 6.04. The lowest BCUT2D eigenvalue weighted by Gasteiger charge is -2.20. The lowest BCUT2D eigenvalue weighted by molar-refractivity contribution is -0.384. The van der Waals surface area contributed by atoms with Crippen molar-refractivity contribution in [3.8, 4) is 5.75 Å². The summed E-state index contributed by atoms with van der Waals surface area (Å²) in [6, 6.07) is 11.9. The number of nitrogens with zero attached hydrogens (tertiary/aromatic N) is 1. The third kappa shape index (κ3) is 6.43. The third-order valence-electron chi connectivity index (χ3n) is 3.32. The van der Waals surface area contributed by atoms with Gasteiger partial charge >= 0.3 is 0 Å². The Labute approximate surface area is 156 Å². The minimum atomic E-state index is -0.557. The highest BCUT2D eigenvalue weighted by Crippen LogP contribution is 2.18. The molecule has 0 bridgehead atoms. The van der Waals surface area contributed by atoms with Crippen LogP contribution in [0.4, 0.5) is 11.4 Å². The van der Waals surface area contributed by atoms with E-state index in [1.807, 2.05) is 20.8 Å². The van der Waals surface area contributed by atoms with Crippen LogP contribution in [0.3, 0.4) is 0 Å². The van der Waals surface area contributed by atoms with Crippen LogP contribution in [0.25, 0.3) is 0 Å². The van der Waals surface area contributed by atoms with Crippen LogP contribution < -0.4 is 15.4 Å². The van der Waals surface area contributed by atoms with Crippen molar-refractivity contribution in [3.05, 3.63) is 64.2 Å². The molecule has 0 saturated carbocycles. The average Bonchev–Trinajstić information content (AvgIpc) is 2.59. The summed E-state index contributed by atoms with van der Waals surface area (Å²) in [7, 11) is 0. The predicted molar refractivity (Wildman–Crippen MR) is 101 cm³/mol. The van der Waals surface area contributed by atoms with E-state index in [0.717, 1.165) is 0 Å². The third-order valence-corrected chi connectivity index (χ3v) is 3.32. The lowest BCUT2D eigenvalue weighted by Crippen LogP contribution is -2.43. The van der Waals surface area contributed by atoms with E-state index in [9.17, 15) is 19.7 Å². The van der Waals surface area contributed by atoms with E-state index in [1.165, 1.54) is 24.3 Å². The number of carbonyl (C=O) groups is 2. The zero-order valence-corrected chi connectivity index (χ0v) is 15.3. The molecule has 0 heterocycles. The lowest BCUT2D eigenvalue weighted by atomic mass is 10.1. The van der Waals surface area contributed by atoms with Crippen LogP contribution in [0.15, 0.2) is 48.5 Å². The quantitative estimate of drug-likeness (QED) is 0.599. The molecule has 2 N–H and O–H groups in total. The van der Waals surface area contributed by atoms with E-state index in [4.69, 9.17) is 4.74 Å². The normalized spacial score (nSPS) is 10.8. The molecule has 0 saturated heterocycles. The summed E-state index contributed by atoms with van der Waals surface area (Å²) >= 11 is 0. The minimum Gasteiger partial charge on any atom is -0.484 e. The zero-order chi connectivity index (χ0) is 20.0. The van der Waals surface area contributed by atoms with Gasteiger partial charge in [-0.3, -0.25) is 19.7 Å². The molecule has 8 nitrogen and oxygen atoms in total. The maximum atomic E-state index is 12.2. The van der Waals surface area contributed by atoms with E-state index in [2.05, 4.69) is 10.6 Å². The summed E-state index contributed by atoms with van der Waals surface area (Å²) < 4.78 is 5.40. The van der Waals surface area contributed by atoms with Gasteiger partial charge in [0.1, 0.15) is 5.75 Å². The van der Waals surface area contributed by atoms with Crippen LogP contribution in [-0.4, -0.2) is 28.9 Å². The highest BCUT2D eigenvalue weighted by Gasteiger charge is 2.14. The van der Waals surface area contributed by atoms with Gasteiger partial charge in [-0.1, -0.05) is 6.07 Å². The predicted octanol–water partition coefficient (Wildman–Crippen LogP) is 3.14. The molecule has 0 aliphatic rings. The summed E-state index contributed by atoms with van der Waals surface area (Å²) in [6.45, 7) is 5.52. The number of rotatable bonds is 6. The molecule has 0 radical (unpaired) electrons. The molecule has 8 heteroatoms. The number of hydrogen-bond donors (Lipinski definition) is 2. The summed E-state index contributed by atoms with van der Waals surface area (Å²) in [5.41, 5.74) is 0.197. The van der Waals surface area contributed by atoms with Crippen molar-refractivity contribution in [2.75, 3.05) is 11.9 Å². The standard InChI is InChI=1S/C19H21N3O5/c1-19(2,3)21-17(23)12-27-16-9-7-14(8-10-16)20-18(24)13-5-4-6-15(11-13)22(25)26/h4-11H,12H2,1-3H3,(H,20,24)(H,21,23). The fraction of sp³-hybridized carbons (Fsp3) is 0.263. The van der Waals surface area contributed by atoms with Crippen LogP contribution in [0.1, 0.15) is 31.1 Å². The molecule has 0 aromatic heterocycles. The van der Waals surface area contributed by atoms with Crippen LogP contribution in [0.2, 0.25) is 0 Å². The second-order valence-electron chi connectivity index (χ2n) is 6.87. The first-order valence-corrected chi connectivity index (χ1v) is 8.24. The van der Waals surface area contributed by atoms with Gasteiger partial charge in [0, 0.05) is 28.9 Å². The Kier molecular flexibility index (Phi) is 6.12. The summed E-state index contributed by atoms with van der Waals surface area (Å²) in [4.78, 5) is 34.2. The molecule has 0 unspecified atom stereocenters. The Hall–Kier alpha value is -3.42. The second-order valence-corrected chi connectivity index (χ2v) is 6.87. The van der Waals surface area contributed by atoms with Crippen molar-refractivity contribution in [1.82, 2.24) is 5.32 Å². The smallest absolute Gasteiger partial charge is 0.270 e. The zero-order valence-electron chi connectivity index (χ0n) is 15.3. The monoisotopic (exact) mass is 371 g/mol. The van der Waals surface area contributed by atoms with Gasteiger partial charge in [-0.25, -0.2) is 0 Å². The van der Waals surface area contributed by atoms with Crippen LogP contribution in [-0.2, 0) is 4.79 Å². The molecule has 2 aromatic carbocycles. The van der Waals surface area contributed by atoms with Gasteiger partial charge in [0.05, 0.1) is 4.92 Å². The van der Waals surface area contributed by atoms with Crippen molar-refractivity contribution in [3.63, 3.8) is 0 Å². The number of carbonyl (C=O) groups excluding carboxylic acids is 2.